The molecule has 19 heteroatoms. The van der Waals surface area contributed by atoms with Crippen LogP contribution in [-0.2, 0) is 46.4 Å². The van der Waals surface area contributed by atoms with Crippen LogP contribution in [0.1, 0.15) is 48.8 Å². The summed E-state index contributed by atoms with van der Waals surface area (Å²) in [7, 11) is 0. The number of phenols is 1. The van der Waals surface area contributed by atoms with Gasteiger partial charge in [-0.1, -0.05) is 72.8 Å². The quantitative estimate of drug-likeness (QED) is 0.0639. The van der Waals surface area contributed by atoms with Gasteiger partial charge in [0.1, 0.15) is 29.9 Å². The highest BCUT2D eigenvalue weighted by Gasteiger charge is 2.39. The van der Waals surface area contributed by atoms with Crippen molar-refractivity contribution in [3.05, 3.63) is 108 Å². The van der Waals surface area contributed by atoms with E-state index in [2.05, 4.69) is 21.3 Å². The summed E-state index contributed by atoms with van der Waals surface area (Å²) in [6.07, 6.45) is 0.368. The Kier molecular flexibility index (Phi) is 19.4. The fourth-order valence-electron chi connectivity index (χ4n) is 6.16. The molecule has 6 amide bonds. The van der Waals surface area contributed by atoms with Crippen molar-refractivity contribution in [1.82, 2.24) is 26.2 Å². The Morgan fingerprint density at radius 3 is 1.98 bits per heavy atom. The first-order chi connectivity index (χ1) is 29.0. The molecule has 4 atom stereocenters. The van der Waals surface area contributed by atoms with Gasteiger partial charge in [-0.05, 0) is 73.5 Å². The molecule has 0 aliphatic carbocycles. The molecule has 0 aromatic heterocycles. The maximum atomic E-state index is 14.0. The van der Waals surface area contributed by atoms with Gasteiger partial charge in [0.05, 0.1) is 6.54 Å². The smallest absolute Gasteiger partial charge is 0.490 e. The van der Waals surface area contributed by atoms with Crippen molar-refractivity contribution in [1.29, 1.82) is 0 Å². The lowest BCUT2D eigenvalue weighted by atomic mass is 10.0. The maximum Gasteiger partial charge on any atom is 0.490 e. The molecule has 1 saturated heterocycles. The average Bonchev–Trinajstić information content (AvgIpc) is 3.73. The Bertz CT molecular complexity index is 1970. The molecule has 3 aromatic carbocycles. The normalized spacial score (nSPS) is 15.0. The van der Waals surface area contributed by atoms with Gasteiger partial charge >= 0.3 is 12.1 Å². The lowest BCUT2D eigenvalue weighted by Gasteiger charge is -2.28. The van der Waals surface area contributed by atoms with Crippen molar-refractivity contribution < 1.29 is 56.9 Å². The van der Waals surface area contributed by atoms with Crippen LogP contribution in [0.4, 0.5) is 13.2 Å². The molecule has 1 heterocycles. The van der Waals surface area contributed by atoms with E-state index in [4.69, 9.17) is 21.4 Å². The lowest BCUT2D eigenvalue weighted by Crippen LogP contribution is -2.56. The number of alkyl halides is 3. The Labute approximate surface area is 349 Å². The van der Waals surface area contributed by atoms with Crippen molar-refractivity contribution in [2.24, 2.45) is 11.5 Å². The van der Waals surface area contributed by atoms with E-state index in [1.165, 1.54) is 23.1 Å². The number of phenolic OH excluding ortho intramolecular Hbond substituents is 1. The summed E-state index contributed by atoms with van der Waals surface area (Å²) in [5.74, 6) is -6.20. The zero-order valence-electron chi connectivity index (χ0n) is 33.1. The highest BCUT2D eigenvalue weighted by atomic mass is 19.4. The minimum absolute atomic E-state index is 0.0530. The molecule has 3 aromatic rings. The van der Waals surface area contributed by atoms with Gasteiger partial charge < -0.3 is 47.8 Å². The number of aromatic hydroxyl groups is 1. The number of hydrogen-bond acceptors (Lipinski definition) is 9. The van der Waals surface area contributed by atoms with E-state index in [1.54, 1.807) is 42.5 Å². The third kappa shape index (κ3) is 17.2. The van der Waals surface area contributed by atoms with E-state index in [-0.39, 0.29) is 31.6 Å². The number of benzene rings is 3. The van der Waals surface area contributed by atoms with Crippen LogP contribution < -0.4 is 32.7 Å². The van der Waals surface area contributed by atoms with Crippen LogP contribution in [0.5, 0.6) is 5.75 Å². The number of aliphatic carboxylic acids is 1. The summed E-state index contributed by atoms with van der Waals surface area (Å²) >= 11 is 0. The van der Waals surface area contributed by atoms with Crippen molar-refractivity contribution >= 4 is 47.5 Å². The summed E-state index contributed by atoms with van der Waals surface area (Å²) in [6, 6.07) is 20.5. The molecule has 328 valence electrons. The molecule has 61 heavy (non-hydrogen) atoms. The van der Waals surface area contributed by atoms with Gasteiger partial charge in [0.25, 0.3) is 0 Å². The summed E-state index contributed by atoms with van der Waals surface area (Å²) in [5, 5.41) is 27.5. The number of carboxylic acids is 1. The van der Waals surface area contributed by atoms with Crippen LogP contribution >= 0.6 is 0 Å². The molecular weight excluding hydrogens is 803 g/mol. The minimum atomic E-state index is -5.08. The van der Waals surface area contributed by atoms with E-state index in [0.29, 0.717) is 37.8 Å². The topological polar surface area (TPSA) is 263 Å². The van der Waals surface area contributed by atoms with Crippen molar-refractivity contribution in [3.8, 4) is 5.75 Å². The molecule has 1 aliphatic rings. The van der Waals surface area contributed by atoms with Gasteiger partial charge in [0.15, 0.2) is 0 Å². The Hall–Kier alpha value is -6.76. The molecular formula is C42H50F3N7O9. The van der Waals surface area contributed by atoms with E-state index in [1.807, 2.05) is 36.4 Å². The molecule has 1 fully saturated rings. The molecule has 16 nitrogen and oxygen atoms in total. The molecule has 1 aliphatic heterocycles. The number of likely N-dealkylation sites (tertiary alicyclic amines) is 1. The number of amides is 6. The first-order valence-corrected chi connectivity index (χ1v) is 19.3. The van der Waals surface area contributed by atoms with E-state index >= 15 is 0 Å². The molecule has 0 bridgehead atoms. The highest BCUT2D eigenvalue weighted by molar-refractivity contribution is 5.98. The number of nitrogens with zero attached hydrogens (tertiary/aromatic N) is 1. The fourth-order valence-corrected chi connectivity index (χ4v) is 6.16. The Morgan fingerprint density at radius 2 is 1.39 bits per heavy atom. The second-order valence-corrected chi connectivity index (χ2v) is 13.9. The van der Waals surface area contributed by atoms with Crippen LogP contribution in [0.25, 0.3) is 6.08 Å². The maximum absolute atomic E-state index is 14.0. The van der Waals surface area contributed by atoms with Crippen molar-refractivity contribution in [2.75, 3.05) is 19.6 Å². The van der Waals surface area contributed by atoms with Gasteiger partial charge in [-0.25, -0.2) is 4.79 Å². The first kappa shape index (κ1) is 48.6. The molecule has 3 unspecified atom stereocenters. The molecule has 4 rings (SSSR count). The van der Waals surface area contributed by atoms with Crippen LogP contribution in [0.3, 0.4) is 0 Å². The number of rotatable bonds is 19. The number of halogens is 3. The summed E-state index contributed by atoms with van der Waals surface area (Å²) < 4.78 is 31.7. The standard InChI is InChI=1S/C40H49N7O7.C2HF3O2/c41-22-8-7-14-31(38(52)46-32(37(42)51)24-28-12-5-2-6-13-28)44-36(50)26-43-39(53)34-15-9-23-47(34)40(54)33(25-29-16-19-30(48)20-17-29)45-35(49)21-18-27-10-3-1-4-11-27;3-2(4,5)1(6)7/h1-6,10-13,16-21,31-34,48H,7-9,14-15,22-26,41H2,(H2,42,51)(H,43,53)(H,44,50)(H,45,49)(H,46,52);(H,6,7)/t31?,32?,33?,34-;/m0./s1. The summed E-state index contributed by atoms with van der Waals surface area (Å²) in [4.78, 5) is 89.3. The van der Waals surface area contributed by atoms with Gasteiger partial charge in [-0.15, -0.1) is 0 Å². The average molecular weight is 854 g/mol. The zero-order chi connectivity index (χ0) is 45.0. The van der Waals surface area contributed by atoms with Crippen LogP contribution in [-0.4, -0.2) is 107 Å². The number of hydrogen-bond donors (Lipinski definition) is 8. The van der Waals surface area contributed by atoms with E-state index in [9.17, 15) is 47.0 Å². The molecule has 0 saturated carbocycles. The number of primary amides is 1. The number of nitrogens with two attached hydrogens (primary N) is 2. The predicted molar refractivity (Wildman–Crippen MR) is 217 cm³/mol. The van der Waals surface area contributed by atoms with Crippen molar-refractivity contribution in [2.45, 2.75) is 75.3 Å². The van der Waals surface area contributed by atoms with Crippen molar-refractivity contribution in [3.63, 3.8) is 0 Å². The Balaban J connectivity index is 0.00000130. The van der Waals surface area contributed by atoms with Crippen LogP contribution in [0.15, 0.2) is 91.0 Å². The molecule has 0 spiro atoms. The lowest BCUT2D eigenvalue weighted by molar-refractivity contribution is -0.192. The van der Waals surface area contributed by atoms with E-state index in [0.717, 1.165) is 11.1 Å². The SMILES string of the molecule is NCCCCC(NC(=O)CNC(=O)[C@@H]1CCCN1C(=O)C(Cc1ccc(O)cc1)NC(=O)C=Cc1ccccc1)C(=O)NC(Cc1ccccc1)C(N)=O.O=C(O)C(F)(F)F. The molecule has 0 radical (unpaired) electrons. The largest absolute Gasteiger partial charge is 0.508 e. The van der Waals surface area contributed by atoms with Gasteiger partial charge in [0.2, 0.25) is 35.4 Å². The number of carbonyl (C=O) groups excluding carboxylic acids is 6. The number of carbonyl (C=O) groups is 7. The van der Waals surface area contributed by atoms with E-state index < -0.39 is 78.3 Å². The monoisotopic (exact) mass is 853 g/mol. The molecule has 10 N–H and O–H groups in total. The second-order valence-electron chi connectivity index (χ2n) is 13.9. The predicted octanol–water partition coefficient (Wildman–Crippen LogP) is 1.70. The third-order valence-electron chi connectivity index (χ3n) is 9.26. The minimum Gasteiger partial charge on any atom is -0.508 e. The van der Waals surface area contributed by atoms with Gasteiger partial charge in [-0.3, -0.25) is 28.8 Å². The van der Waals surface area contributed by atoms with Gasteiger partial charge in [0, 0.05) is 25.5 Å². The van der Waals surface area contributed by atoms with Crippen LogP contribution in [0.2, 0.25) is 0 Å². The second kappa shape index (κ2) is 24.4. The highest BCUT2D eigenvalue weighted by Crippen LogP contribution is 2.21. The third-order valence-corrected chi connectivity index (χ3v) is 9.26. The first-order valence-electron chi connectivity index (χ1n) is 19.3. The fraction of sp³-hybridized carbons (Fsp3) is 0.357. The number of nitrogens with one attached hydrogen (secondary N) is 4. The van der Waals surface area contributed by atoms with Gasteiger partial charge in [-0.2, -0.15) is 13.2 Å². The zero-order valence-corrected chi connectivity index (χ0v) is 33.1. The number of unbranched alkanes of at least 4 members (excludes halogenated alkanes) is 1. The van der Waals surface area contributed by atoms with Crippen LogP contribution in [0, 0.1) is 0 Å². The summed E-state index contributed by atoms with van der Waals surface area (Å²) in [6.45, 7) is 0.175. The number of carboxylic acid groups (broad SMARTS) is 1. The summed E-state index contributed by atoms with van der Waals surface area (Å²) in [5.41, 5.74) is 13.5. The Morgan fingerprint density at radius 1 is 0.803 bits per heavy atom.